The third-order valence-electron chi connectivity index (χ3n) is 5.33. The van der Waals surface area contributed by atoms with E-state index in [0.29, 0.717) is 0 Å². The van der Waals surface area contributed by atoms with Gasteiger partial charge in [-0.3, -0.25) is 0 Å². The van der Waals surface area contributed by atoms with Crippen LogP contribution in [0.4, 0.5) is 0 Å². The Bertz CT molecular complexity index is 638. The molecule has 3 atom stereocenters. The molecule has 4 rings (SSSR count). The van der Waals surface area contributed by atoms with Crippen molar-refractivity contribution in [3.05, 3.63) is 47.0 Å². The Kier molecular flexibility index (Phi) is 2.48. The SMILES string of the molecule is CC1CCCc2c1ccc1ccc(C3CC3C)cc21. The van der Waals surface area contributed by atoms with Crippen molar-refractivity contribution in [3.63, 3.8) is 0 Å². The van der Waals surface area contributed by atoms with Gasteiger partial charge in [-0.05, 0) is 70.9 Å². The second-order valence-corrected chi connectivity index (χ2v) is 6.73. The number of aryl methyl sites for hydroxylation is 1. The molecule has 0 radical (unpaired) electrons. The highest BCUT2D eigenvalue weighted by molar-refractivity contribution is 5.88. The zero-order valence-corrected chi connectivity index (χ0v) is 11.9. The first-order valence-corrected chi connectivity index (χ1v) is 7.79. The second-order valence-electron chi connectivity index (χ2n) is 6.73. The van der Waals surface area contributed by atoms with Gasteiger partial charge in [-0.1, -0.05) is 44.2 Å². The van der Waals surface area contributed by atoms with Crippen molar-refractivity contribution < 1.29 is 0 Å². The predicted molar refractivity (Wildman–Crippen MR) is 81.8 cm³/mol. The first kappa shape index (κ1) is 11.5. The highest BCUT2D eigenvalue weighted by atomic mass is 14.4. The van der Waals surface area contributed by atoms with Crippen molar-refractivity contribution in [1.82, 2.24) is 0 Å². The first-order valence-electron chi connectivity index (χ1n) is 7.79. The Labute approximate surface area is 115 Å². The lowest BCUT2D eigenvalue weighted by Crippen LogP contribution is -2.07. The molecule has 0 N–H and O–H groups in total. The van der Waals surface area contributed by atoms with Crippen molar-refractivity contribution in [2.24, 2.45) is 5.92 Å². The molecule has 2 aliphatic rings. The van der Waals surface area contributed by atoms with Gasteiger partial charge < -0.3 is 0 Å². The number of rotatable bonds is 1. The molecular weight excluding hydrogens is 228 g/mol. The highest BCUT2D eigenvalue weighted by Crippen LogP contribution is 2.48. The molecule has 2 aliphatic carbocycles. The zero-order valence-electron chi connectivity index (χ0n) is 11.9. The monoisotopic (exact) mass is 250 g/mol. The first-order chi connectivity index (χ1) is 9.24. The average molecular weight is 250 g/mol. The van der Waals surface area contributed by atoms with Gasteiger partial charge in [0, 0.05) is 0 Å². The van der Waals surface area contributed by atoms with Gasteiger partial charge in [0.1, 0.15) is 0 Å². The quantitative estimate of drug-likeness (QED) is 0.635. The van der Waals surface area contributed by atoms with Crippen LogP contribution in [0.1, 0.15) is 61.6 Å². The van der Waals surface area contributed by atoms with E-state index in [9.17, 15) is 0 Å². The Morgan fingerprint density at radius 1 is 1.05 bits per heavy atom. The van der Waals surface area contributed by atoms with Crippen molar-refractivity contribution >= 4 is 10.8 Å². The maximum Gasteiger partial charge on any atom is -0.0133 e. The minimum atomic E-state index is 0.747. The maximum absolute atomic E-state index is 2.50. The molecule has 3 unspecified atom stereocenters. The number of hydrogen-bond donors (Lipinski definition) is 0. The fourth-order valence-electron chi connectivity index (χ4n) is 3.91. The predicted octanol–water partition coefficient (Wildman–Crippen LogP) is 5.40. The summed E-state index contributed by atoms with van der Waals surface area (Å²) in [5.41, 5.74) is 4.83. The second kappa shape index (κ2) is 4.10. The van der Waals surface area contributed by atoms with E-state index in [0.717, 1.165) is 17.8 Å². The van der Waals surface area contributed by atoms with E-state index in [4.69, 9.17) is 0 Å². The lowest BCUT2D eigenvalue weighted by atomic mass is 9.81. The summed E-state index contributed by atoms with van der Waals surface area (Å²) in [7, 11) is 0. The van der Waals surface area contributed by atoms with Crippen LogP contribution in [-0.2, 0) is 6.42 Å². The Hall–Kier alpha value is -1.30. The zero-order chi connectivity index (χ0) is 13.0. The summed E-state index contributed by atoms with van der Waals surface area (Å²) in [6.07, 6.45) is 5.38. The van der Waals surface area contributed by atoms with Gasteiger partial charge in [0.15, 0.2) is 0 Å². The summed E-state index contributed by atoms with van der Waals surface area (Å²) in [4.78, 5) is 0. The lowest BCUT2D eigenvalue weighted by Gasteiger charge is -2.24. The molecule has 19 heavy (non-hydrogen) atoms. The summed E-state index contributed by atoms with van der Waals surface area (Å²) in [6, 6.07) is 11.9. The fourth-order valence-corrected chi connectivity index (χ4v) is 3.91. The fraction of sp³-hybridized carbons (Fsp3) is 0.474. The Balaban J connectivity index is 1.90. The van der Waals surface area contributed by atoms with E-state index in [1.54, 1.807) is 22.1 Å². The molecule has 0 aliphatic heterocycles. The normalized spacial score (nSPS) is 29.3. The van der Waals surface area contributed by atoms with E-state index in [2.05, 4.69) is 44.2 Å². The molecular formula is C19H22. The van der Waals surface area contributed by atoms with E-state index in [-0.39, 0.29) is 0 Å². The molecule has 2 aromatic rings. The largest absolute Gasteiger partial charge is 0.0619 e. The van der Waals surface area contributed by atoms with Crippen LogP contribution in [-0.4, -0.2) is 0 Å². The van der Waals surface area contributed by atoms with Crippen molar-refractivity contribution in [2.75, 3.05) is 0 Å². The number of benzene rings is 2. The van der Waals surface area contributed by atoms with E-state index in [1.165, 1.54) is 31.1 Å². The Morgan fingerprint density at radius 3 is 2.63 bits per heavy atom. The van der Waals surface area contributed by atoms with Gasteiger partial charge in [0.25, 0.3) is 0 Å². The molecule has 0 heteroatoms. The average Bonchev–Trinajstić information content (AvgIpc) is 3.15. The van der Waals surface area contributed by atoms with Crippen molar-refractivity contribution in [2.45, 2.75) is 51.4 Å². The van der Waals surface area contributed by atoms with Crippen LogP contribution in [0.15, 0.2) is 30.3 Å². The Morgan fingerprint density at radius 2 is 1.84 bits per heavy atom. The lowest BCUT2D eigenvalue weighted by molar-refractivity contribution is 0.593. The minimum absolute atomic E-state index is 0.747. The maximum atomic E-state index is 2.50. The molecule has 1 fully saturated rings. The van der Waals surface area contributed by atoms with Crippen LogP contribution in [0.25, 0.3) is 10.8 Å². The van der Waals surface area contributed by atoms with Gasteiger partial charge in [0.2, 0.25) is 0 Å². The van der Waals surface area contributed by atoms with Crippen LogP contribution in [0.5, 0.6) is 0 Å². The molecule has 2 aromatic carbocycles. The molecule has 0 nitrogen and oxygen atoms in total. The number of hydrogen-bond acceptors (Lipinski definition) is 0. The molecule has 0 saturated heterocycles. The van der Waals surface area contributed by atoms with Crippen molar-refractivity contribution in [3.8, 4) is 0 Å². The standard InChI is InChI=1S/C19H22/c1-12-4-3-5-17-16(12)9-8-14-6-7-15(11-19(14)17)18-10-13(18)2/h6-9,11-13,18H,3-5,10H2,1-2H3. The molecule has 1 saturated carbocycles. The van der Waals surface area contributed by atoms with Gasteiger partial charge in [0.05, 0.1) is 0 Å². The smallest absolute Gasteiger partial charge is 0.0133 e. The van der Waals surface area contributed by atoms with Crippen LogP contribution in [0, 0.1) is 5.92 Å². The highest BCUT2D eigenvalue weighted by Gasteiger charge is 2.34. The van der Waals surface area contributed by atoms with E-state index < -0.39 is 0 Å². The van der Waals surface area contributed by atoms with Crippen LogP contribution >= 0.6 is 0 Å². The molecule has 98 valence electrons. The third-order valence-corrected chi connectivity index (χ3v) is 5.33. The van der Waals surface area contributed by atoms with E-state index >= 15 is 0 Å². The summed E-state index contributed by atoms with van der Waals surface area (Å²) in [5, 5.41) is 2.98. The van der Waals surface area contributed by atoms with Crippen LogP contribution in [0.2, 0.25) is 0 Å². The topological polar surface area (TPSA) is 0 Å². The van der Waals surface area contributed by atoms with Gasteiger partial charge in [-0.25, -0.2) is 0 Å². The summed E-state index contributed by atoms with van der Waals surface area (Å²) in [6.45, 7) is 4.76. The van der Waals surface area contributed by atoms with Gasteiger partial charge in [-0.15, -0.1) is 0 Å². The number of fused-ring (bicyclic) bond motifs is 3. The molecule has 0 spiro atoms. The summed E-state index contributed by atoms with van der Waals surface area (Å²) < 4.78 is 0. The van der Waals surface area contributed by atoms with Crippen LogP contribution < -0.4 is 0 Å². The molecule has 0 aromatic heterocycles. The van der Waals surface area contributed by atoms with Gasteiger partial charge in [-0.2, -0.15) is 0 Å². The molecule has 0 heterocycles. The van der Waals surface area contributed by atoms with Crippen molar-refractivity contribution in [1.29, 1.82) is 0 Å². The van der Waals surface area contributed by atoms with Crippen LogP contribution in [0.3, 0.4) is 0 Å². The van der Waals surface area contributed by atoms with Gasteiger partial charge >= 0.3 is 0 Å². The molecule has 0 amide bonds. The third kappa shape index (κ3) is 1.81. The molecule has 0 bridgehead atoms. The minimum Gasteiger partial charge on any atom is -0.0619 e. The van der Waals surface area contributed by atoms with E-state index in [1.807, 2.05) is 0 Å². The summed E-state index contributed by atoms with van der Waals surface area (Å²) in [5.74, 6) is 2.48. The summed E-state index contributed by atoms with van der Waals surface area (Å²) >= 11 is 0.